The minimum absolute atomic E-state index is 0.432. The zero-order valence-corrected chi connectivity index (χ0v) is 18.2. The molecule has 0 N–H and O–H groups in total. The zero-order chi connectivity index (χ0) is 25.7. The molecule has 0 aromatic rings. The molecule has 0 heterocycles. The second kappa shape index (κ2) is 8.21. The van der Waals surface area contributed by atoms with Crippen molar-refractivity contribution < 1.29 is 78.8 Å². The van der Waals surface area contributed by atoms with Crippen molar-refractivity contribution in [2.24, 2.45) is 0 Å². The summed E-state index contributed by atoms with van der Waals surface area (Å²) in [5.74, 6) is -62.2. The summed E-state index contributed by atoms with van der Waals surface area (Å²) in [7, 11) is -3.25. The number of alkyl halides is 17. The Morgan fingerprint density at radius 3 is 1.19 bits per heavy atom. The van der Waals surface area contributed by atoms with E-state index in [2.05, 4.69) is 4.12 Å². The molecule has 1 nitrogen and oxygen atoms in total. The molecule has 0 radical (unpaired) electrons. The van der Waals surface area contributed by atoms with Crippen molar-refractivity contribution in [2.75, 3.05) is 0 Å². The highest BCUT2D eigenvalue weighted by Crippen LogP contribution is 2.64. The lowest BCUT2D eigenvalue weighted by Gasteiger charge is -2.43. The minimum atomic E-state index is -8.52. The summed E-state index contributed by atoms with van der Waals surface area (Å²) in [6.45, 7) is -0.633. The molecule has 31 heavy (non-hydrogen) atoms. The van der Waals surface area contributed by atoms with Crippen molar-refractivity contribution in [1.82, 2.24) is 0 Å². The Balaban J connectivity index is 6.69. The first-order chi connectivity index (χ1) is 13.3. The number of halogens is 17. The second-order valence-corrected chi connectivity index (χ2v) is 9.35. The standard InChI is InChI=1S/C11H11F17OSi2/c1-3(12)5(15,16)7(19,20)9(23,24)11(27,28)10(25,26)8(21,22)6(17,18)4(13,14)2-31-29-30/h3H,2,31H2,1,30H3. The maximum atomic E-state index is 13.5. The highest BCUT2D eigenvalue weighted by molar-refractivity contribution is 6.34. The Labute approximate surface area is 166 Å². The first kappa shape index (κ1) is 30.2. The van der Waals surface area contributed by atoms with Crippen LogP contribution in [0, 0.1) is 0 Å². The second-order valence-electron chi connectivity index (χ2n) is 6.13. The van der Waals surface area contributed by atoms with Gasteiger partial charge in [0.25, 0.3) is 0 Å². The van der Waals surface area contributed by atoms with Crippen LogP contribution in [0.4, 0.5) is 74.6 Å². The van der Waals surface area contributed by atoms with Crippen molar-refractivity contribution >= 4 is 20.2 Å². The summed E-state index contributed by atoms with van der Waals surface area (Å²) in [5, 5.41) is 0. The Bertz CT molecular complexity index is 632. The summed E-state index contributed by atoms with van der Waals surface area (Å²) in [6.07, 6.45) is -4.47. The SMILES string of the molecule is CC(F)C(F)(F)C(F)(F)C(F)(F)C(F)(F)C(F)(F)C(F)(F)C(F)(F)C(F)(F)C[SiH2]O[SiH3]. The molecule has 0 bridgehead atoms. The van der Waals surface area contributed by atoms with Gasteiger partial charge in [-0.05, 0) is 6.92 Å². The van der Waals surface area contributed by atoms with Crippen LogP contribution in [0.15, 0.2) is 0 Å². The fourth-order valence-corrected chi connectivity index (χ4v) is 3.25. The van der Waals surface area contributed by atoms with E-state index in [4.69, 9.17) is 0 Å². The number of rotatable bonds is 11. The van der Waals surface area contributed by atoms with Gasteiger partial charge in [0.05, 0.1) is 0 Å². The average molecular weight is 538 g/mol. The molecule has 0 spiro atoms. The highest BCUT2D eigenvalue weighted by atomic mass is 28.3. The van der Waals surface area contributed by atoms with E-state index in [0.717, 1.165) is 0 Å². The normalized spacial score (nSPS) is 17.6. The van der Waals surface area contributed by atoms with Crippen LogP contribution < -0.4 is 0 Å². The molecule has 0 aromatic heterocycles. The van der Waals surface area contributed by atoms with Crippen LogP contribution in [0.2, 0.25) is 6.04 Å². The first-order valence-corrected chi connectivity index (χ1v) is 9.80. The Kier molecular flexibility index (Phi) is 8.00. The van der Waals surface area contributed by atoms with Gasteiger partial charge in [-0.3, -0.25) is 0 Å². The van der Waals surface area contributed by atoms with Gasteiger partial charge in [0, 0.05) is 6.04 Å². The van der Waals surface area contributed by atoms with Gasteiger partial charge in [-0.15, -0.1) is 0 Å². The predicted molar refractivity (Wildman–Crippen MR) is 74.5 cm³/mol. The van der Waals surface area contributed by atoms with Crippen molar-refractivity contribution in [1.29, 1.82) is 0 Å². The number of hydrogen-bond acceptors (Lipinski definition) is 1. The largest absolute Gasteiger partial charge is 0.468 e. The molecule has 0 aliphatic rings. The van der Waals surface area contributed by atoms with Gasteiger partial charge in [0.15, 0.2) is 15.9 Å². The lowest BCUT2D eigenvalue weighted by Crippen LogP contribution is -2.75. The molecule has 0 saturated heterocycles. The average Bonchev–Trinajstić information content (AvgIpc) is 2.58. The summed E-state index contributed by atoms with van der Waals surface area (Å²) < 4.78 is 230. The van der Waals surface area contributed by atoms with Crippen LogP contribution in [0.5, 0.6) is 0 Å². The maximum absolute atomic E-state index is 13.5. The van der Waals surface area contributed by atoms with Gasteiger partial charge >= 0.3 is 47.4 Å². The van der Waals surface area contributed by atoms with Gasteiger partial charge in [-0.2, -0.15) is 70.2 Å². The highest BCUT2D eigenvalue weighted by Gasteiger charge is 2.94. The fraction of sp³-hybridized carbons (Fsp3) is 1.00. The molecule has 20 heteroatoms. The Morgan fingerprint density at radius 2 is 0.903 bits per heavy atom. The first-order valence-electron chi connectivity index (χ1n) is 7.41. The van der Waals surface area contributed by atoms with E-state index < -0.39 is 86.8 Å². The van der Waals surface area contributed by atoms with Crippen molar-refractivity contribution in [3.05, 3.63) is 0 Å². The predicted octanol–water partition coefficient (Wildman–Crippen LogP) is 4.23. The van der Waals surface area contributed by atoms with Crippen molar-refractivity contribution in [2.45, 2.75) is 66.5 Å². The van der Waals surface area contributed by atoms with Gasteiger partial charge in [-0.1, -0.05) is 0 Å². The third kappa shape index (κ3) is 4.03. The quantitative estimate of drug-likeness (QED) is 0.283. The maximum Gasteiger partial charge on any atom is 0.385 e. The molecule has 1 unspecified atom stereocenters. The van der Waals surface area contributed by atoms with E-state index in [-0.39, 0.29) is 0 Å². The van der Waals surface area contributed by atoms with Gasteiger partial charge < -0.3 is 4.12 Å². The zero-order valence-electron chi connectivity index (χ0n) is 14.8. The Morgan fingerprint density at radius 1 is 0.613 bits per heavy atom. The van der Waals surface area contributed by atoms with Crippen LogP contribution in [0.25, 0.3) is 0 Å². The fourth-order valence-electron chi connectivity index (χ4n) is 1.86. The van der Waals surface area contributed by atoms with Crippen LogP contribution in [-0.2, 0) is 4.12 Å². The minimum Gasteiger partial charge on any atom is -0.468 e. The van der Waals surface area contributed by atoms with E-state index in [1.54, 1.807) is 0 Å². The molecule has 188 valence electrons. The molecule has 0 aromatic carbocycles. The van der Waals surface area contributed by atoms with E-state index in [0.29, 0.717) is 0 Å². The topological polar surface area (TPSA) is 9.23 Å². The van der Waals surface area contributed by atoms with E-state index in [9.17, 15) is 74.6 Å². The lowest BCUT2D eigenvalue weighted by molar-refractivity contribution is -0.454. The summed E-state index contributed by atoms with van der Waals surface area (Å²) in [6, 6.07) is -2.40. The van der Waals surface area contributed by atoms with Gasteiger partial charge in [0.2, 0.25) is 0 Å². The monoisotopic (exact) mass is 538 g/mol. The van der Waals surface area contributed by atoms with Crippen molar-refractivity contribution in [3.8, 4) is 0 Å². The smallest absolute Gasteiger partial charge is 0.385 e. The van der Waals surface area contributed by atoms with Crippen LogP contribution in [0.3, 0.4) is 0 Å². The summed E-state index contributed by atoms with van der Waals surface area (Å²) >= 11 is 0. The third-order valence-corrected chi connectivity index (χ3v) is 6.43. The van der Waals surface area contributed by atoms with Crippen LogP contribution in [0.1, 0.15) is 6.92 Å². The lowest BCUT2D eigenvalue weighted by atomic mass is 9.87. The third-order valence-electron chi connectivity index (χ3n) is 3.97. The molecule has 0 saturated carbocycles. The molecule has 0 fully saturated rings. The van der Waals surface area contributed by atoms with E-state index in [1.807, 2.05) is 0 Å². The Hall–Kier alpha value is -0.796. The van der Waals surface area contributed by atoms with E-state index in [1.165, 1.54) is 0 Å². The summed E-state index contributed by atoms with van der Waals surface area (Å²) in [4.78, 5) is 0. The van der Waals surface area contributed by atoms with Crippen molar-refractivity contribution in [3.63, 3.8) is 0 Å². The molecular formula is C11H11F17OSi2. The molecule has 1 atom stereocenters. The van der Waals surface area contributed by atoms with Gasteiger partial charge in [0.1, 0.15) is 10.5 Å². The molecule has 0 aliphatic carbocycles. The number of hydrogen-bond donors (Lipinski definition) is 0. The molecule has 0 amide bonds. The van der Waals surface area contributed by atoms with Crippen LogP contribution in [-0.4, -0.2) is 73.8 Å². The van der Waals surface area contributed by atoms with E-state index >= 15 is 0 Å². The van der Waals surface area contributed by atoms with Crippen LogP contribution >= 0.6 is 0 Å². The van der Waals surface area contributed by atoms with Gasteiger partial charge in [-0.25, -0.2) is 4.39 Å². The molecular weight excluding hydrogens is 527 g/mol. The summed E-state index contributed by atoms with van der Waals surface area (Å²) in [5.41, 5.74) is 0. The molecule has 0 rings (SSSR count). The molecule has 0 aliphatic heterocycles.